The molecule has 1 rings (SSSR count). The van der Waals surface area contributed by atoms with Gasteiger partial charge in [0.2, 0.25) is 10.0 Å². The summed E-state index contributed by atoms with van der Waals surface area (Å²) in [6, 6.07) is 4.41. The molecule has 0 aliphatic rings. The number of rotatable bonds is 7. The standard InChI is InChI=1S/C13H21BrN2O3S/c1-3-9(4-2)13(17)8-16-20(18,19)10-5-6-12(15)11(14)7-10/h5-7,9,13,16-17H,3-4,8,15H2,1-2H3. The molecule has 0 aromatic heterocycles. The van der Waals surface area contributed by atoms with Gasteiger partial charge < -0.3 is 10.8 Å². The van der Waals surface area contributed by atoms with Crippen molar-refractivity contribution in [2.75, 3.05) is 12.3 Å². The number of nitrogen functional groups attached to an aromatic ring is 1. The van der Waals surface area contributed by atoms with Gasteiger partial charge in [-0.2, -0.15) is 0 Å². The number of hydrogen-bond donors (Lipinski definition) is 3. The summed E-state index contributed by atoms with van der Waals surface area (Å²) in [7, 11) is -3.64. The molecule has 114 valence electrons. The van der Waals surface area contributed by atoms with E-state index < -0.39 is 16.1 Å². The minimum atomic E-state index is -3.64. The molecule has 1 aromatic carbocycles. The van der Waals surface area contributed by atoms with Gasteiger partial charge in [-0.1, -0.05) is 26.7 Å². The number of aliphatic hydroxyl groups excluding tert-OH is 1. The average Bonchev–Trinajstić information content (AvgIpc) is 2.41. The van der Waals surface area contributed by atoms with Gasteiger partial charge in [0.05, 0.1) is 11.0 Å². The summed E-state index contributed by atoms with van der Waals surface area (Å²) in [6.07, 6.45) is 0.941. The first kappa shape index (κ1) is 17.4. The molecule has 0 aliphatic heterocycles. The van der Waals surface area contributed by atoms with Crippen LogP contribution < -0.4 is 10.5 Å². The highest BCUT2D eigenvalue weighted by Gasteiger charge is 2.20. The number of anilines is 1. The molecular weight excluding hydrogens is 344 g/mol. The molecule has 0 aliphatic carbocycles. The van der Waals surface area contributed by atoms with Crippen molar-refractivity contribution in [1.29, 1.82) is 0 Å². The second-order valence-corrected chi connectivity index (χ2v) is 7.30. The van der Waals surface area contributed by atoms with Crippen LogP contribution in [0.25, 0.3) is 0 Å². The Kier molecular flexibility index (Phi) is 6.44. The van der Waals surface area contributed by atoms with E-state index >= 15 is 0 Å². The van der Waals surface area contributed by atoms with Crippen LogP contribution >= 0.6 is 15.9 Å². The predicted octanol–water partition coefficient (Wildman–Crippen LogP) is 2.11. The molecule has 5 nitrogen and oxygen atoms in total. The monoisotopic (exact) mass is 364 g/mol. The van der Waals surface area contributed by atoms with Gasteiger partial charge in [0, 0.05) is 16.7 Å². The van der Waals surface area contributed by atoms with Crippen molar-refractivity contribution in [2.24, 2.45) is 5.92 Å². The van der Waals surface area contributed by atoms with E-state index in [-0.39, 0.29) is 17.4 Å². The smallest absolute Gasteiger partial charge is 0.240 e. The zero-order chi connectivity index (χ0) is 15.3. The van der Waals surface area contributed by atoms with Crippen molar-refractivity contribution in [3.05, 3.63) is 22.7 Å². The first-order chi connectivity index (χ1) is 9.31. The van der Waals surface area contributed by atoms with E-state index in [2.05, 4.69) is 20.7 Å². The van der Waals surface area contributed by atoms with E-state index in [1.807, 2.05) is 13.8 Å². The van der Waals surface area contributed by atoms with Gasteiger partial charge in [-0.3, -0.25) is 0 Å². The normalized spacial score (nSPS) is 13.7. The van der Waals surface area contributed by atoms with Crippen LogP contribution in [0.1, 0.15) is 26.7 Å². The van der Waals surface area contributed by atoms with Crippen molar-refractivity contribution in [3.8, 4) is 0 Å². The minimum Gasteiger partial charge on any atom is -0.398 e. The Bertz CT molecular complexity index is 545. The maximum atomic E-state index is 12.1. The van der Waals surface area contributed by atoms with Gasteiger partial charge in [-0.15, -0.1) is 0 Å². The fourth-order valence-corrected chi connectivity index (χ4v) is 3.56. The number of hydrogen-bond acceptors (Lipinski definition) is 4. The Morgan fingerprint density at radius 3 is 2.45 bits per heavy atom. The van der Waals surface area contributed by atoms with Gasteiger partial charge in [-0.05, 0) is 40.0 Å². The van der Waals surface area contributed by atoms with E-state index in [4.69, 9.17) is 5.73 Å². The van der Waals surface area contributed by atoms with Crippen LogP contribution in [0, 0.1) is 5.92 Å². The lowest BCUT2D eigenvalue weighted by molar-refractivity contribution is 0.107. The molecule has 0 bridgehead atoms. The van der Waals surface area contributed by atoms with Gasteiger partial charge in [-0.25, -0.2) is 13.1 Å². The van der Waals surface area contributed by atoms with Crippen molar-refractivity contribution in [2.45, 2.75) is 37.7 Å². The van der Waals surface area contributed by atoms with E-state index in [0.717, 1.165) is 12.8 Å². The third-order valence-electron chi connectivity index (χ3n) is 3.36. The van der Waals surface area contributed by atoms with Crippen LogP contribution in [0.2, 0.25) is 0 Å². The van der Waals surface area contributed by atoms with Gasteiger partial charge in [0.15, 0.2) is 0 Å². The maximum Gasteiger partial charge on any atom is 0.240 e. The average molecular weight is 365 g/mol. The highest BCUT2D eigenvalue weighted by Crippen LogP contribution is 2.23. The van der Waals surface area contributed by atoms with E-state index in [0.29, 0.717) is 10.2 Å². The first-order valence-corrected chi connectivity index (χ1v) is 8.82. The summed E-state index contributed by atoms with van der Waals surface area (Å²) in [4.78, 5) is 0.121. The molecule has 0 spiro atoms. The van der Waals surface area contributed by atoms with Crippen molar-refractivity contribution < 1.29 is 13.5 Å². The summed E-state index contributed by atoms with van der Waals surface area (Å²) in [6.45, 7) is 3.96. The molecule has 0 amide bonds. The molecule has 4 N–H and O–H groups in total. The molecule has 0 heterocycles. The SMILES string of the molecule is CCC(CC)C(O)CNS(=O)(=O)c1ccc(N)c(Br)c1. The molecule has 1 unspecified atom stereocenters. The van der Waals surface area contributed by atoms with Crippen LogP contribution in [0.4, 0.5) is 5.69 Å². The second-order valence-electron chi connectivity index (χ2n) is 4.68. The Balaban J connectivity index is 2.77. The first-order valence-electron chi connectivity index (χ1n) is 6.54. The highest BCUT2D eigenvalue weighted by molar-refractivity contribution is 9.10. The van der Waals surface area contributed by atoms with Crippen LogP contribution in [0.15, 0.2) is 27.6 Å². The van der Waals surface area contributed by atoms with E-state index in [9.17, 15) is 13.5 Å². The van der Waals surface area contributed by atoms with Gasteiger partial charge >= 0.3 is 0 Å². The lowest BCUT2D eigenvalue weighted by Crippen LogP contribution is -2.36. The Morgan fingerprint density at radius 2 is 1.95 bits per heavy atom. The van der Waals surface area contributed by atoms with Crippen LogP contribution in [-0.4, -0.2) is 26.2 Å². The van der Waals surface area contributed by atoms with Crippen molar-refractivity contribution in [3.63, 3.8) is 0 Å². The Morgan fingerprint density at radius 1 is 1.35 bits per heavy atom. The third-order valence-corrected chi connectivity index (χ3v) is 5.47. The largest absolute Gasteiger partial charge is 0.398 e. The lowest BCUT2D eigenvalue weighted by atomic mass is 9.97. The Labute approximate surface area is 128 Å². The third kappa shape index (κ3) is 4.44. The highest BCUT2D eigenvalue weighted by atomic mass is 79.9. The van der Waals surface area contributed by atoms with E-state index in [1.54, 1.807) is 0 Å². The summed E-state index contributed by atoms with van der Waals surface area (Å²) >= 11 is 3.20. The molecule has 1 atom stereocenters. The molecule has 0 fully saturated rings. The topological polar surface area (TPSA) is 92.4 Å². The number of halogens is 1. The molecule has 20 heavy (non-hydrogen) atoms. The van der Waals surface area contributed by atoms with Crippen molar-refractivity contribution in [1.82, 2.24) is 4.72 Å². The molecule has 0 radical (unpaired) electrons. The molecule has 7 heteroatoms. The molecule has 0 saturated heterocycles. The minimum absolute atomic E-state index is 0.0106. The molecule has 0 saturated carbocycles. The van der Waals surface area contributed by atoms with Crippen LogP contribution in [0.3, 0.4) is 0 Å². The zero-order valence-corrected chi connectivity index (χ0v) is 14.0. The number of nitrogens with one attached hydrogen (secondary N) is 1. The second kappa shape index (κ2) is 7.40. The number of sulfonamides is 1. The number of benzene rings is 1. The summed E-state index contributed by atoms with van der Waals surface area (Å²) in [5.41, 5.74) is 6.10. The molecular formula is C13H21BrN2O3S. The fourth-order valence-electron chi connectivity index (χ4n) is 1.95. The molecule has 1 aromatic rings. The number of aliphatic hydroxyl groups is 1. The quantitative estimate of drug-likeness (QED) is 0.646. The van der Waals surface area contributed by atoms with Crippen molar-refractivity contribution >= 4 is 31.6 Å². The predicted molar refractivity (Wildman–Crippen MR) is 83.8 cm³/mol. The van der Waals surface area contributed by atoms with Crippen LogP contribution in [-0.2, 0) is 10.0 Å². The number of nitrogens with two attached hydrogens (primary N) is 1. The fraction of sp³-hybridized carbons (Fsp3) is 0.538. The summed E-state index contributed by atoms with van der Waals surface area (Å²) in [5, 5.41) is 9.96. The maximum absolute atomic E-state index is 12.1. The zero-order valence-electron chi connectivity index (χ0n) is 11.6. The Hall–Kier alpha value is -0.630. The van der Waals surface area contributed by atoms with E-state index in [1.165, 1.54) is 18.2 Å². The van der Waals surface area contributed by atoms with Gasteiger partial charge in [0.1, 0.15) is 0 Å². The van der Waals surface area contributed by atoms with Gasteiger partial charge in [0.25, 0.3) is 0 Å². The summed E-state index contributed by atoms with van der Waals surface area (Å²) in [5.74, 6) is 0.0934. The van der Waals surface area contributed by atoms with Crippen LogP contribution in [0.5, 0.6) is 0 Å². The summed E-state index contributed by atoms with van der Waals surface area (Å²) < 4.78 is 27.2. The lowest BCUT2D eigenvalue weighted by Gasteiger charge is -2.20.